The summed E-state index contributed by atoms with van der Waals surface area (Å²) in [6.45, 7) is 0. The van der Waals surface area contributed by atoms with Gasteiger partial charge in [0, 0.05) is 10.9 Å². The number of para-hydroxylation sites is 1. The summed E-state index contributed by atoms with van der Waals surface area (Å²) in [5.74, 6) is 0.741. The molecule has 0 spiro atoms. The maximum atomic E-state index is 11.5. The zero-order valence-electron chi connectivity index (χ0n) is 12.6. The number of ether oxygens (including phenoxy) is 1. The van der Waals surface area contributed by atoms with E-state index in [4.69, 9.17) is 14.4 Å². The first kappa shape index (κ1) is 14.7. The predicted molar refractivity (Wildman–Crippen MR) is 90.6 cm³/mol. The molecular weight excluding hydrogens is 328 g/mol. The van der Waals surface area contributed by atoms with Crippen molar-refractivity contribution in [2.24, 2.45) is 0 Å². The number of furan rings is 1. The minimum absolute atomic E-state index is 0.341. The molecule has 24 heavy (non-hydrogen) atoms. The van der Waals surface area contributed by atoms with Gasteiger partial charge in [0.2, 0.25) is 0 Å². The molecule has 120 valence electrons. The van der Waals surface area contributed by atoms with E-state index in [1.54, 1.807) is 30.8 Å². The number of benzene rings is 2. The number of amides is 1. The van der Waals surface area contributed by atoms with Gasteiger partial charge in [-0.3, -0.25) is 10.0 Å². The van der Waals surface area contributed by atoms with Gasteiger partial charge >= 0.3 is 0 Å². The van der Waals surface area contributed by atoms with Crippen molar-refractivity contribution >= 4 is 38.4 Å². The van der Waals surface area contributed by atoms with Gasteiger partial charge in [-0.25, -0.2) is 10.5 Å². The Morgan fingerprint density at radius 2 is 2.17 bits per heavy atom. The molecule has 0 saturated heterocycles. The van der Waals surface area contributed by atoms with E-state index < -0.39 is 5.91 Å². The molecule has 0 fully saturated rings. The molecule has 2 aromatic carbocycles. The van der Waals surface area contributed by atoms with Gasteiger partial charge in [-0.15, -0.1) is 11.3 Å². The average Bonchev–Trinajstić information content (AvgIpc) is 3.23. The van der Waals surface area contributed by atoms with Crippen molar-refractivity contribution in [3.63, 3.8) is 0 Å². The summed E-state index contributed by atoms with van der Waals surface area (Å²) in [5.41, 5.74) is 3.31. The van der Waals surface area contributed by atoms with E-state index in [0.29, 0.717) is 33.2 Å². The van der Waals surface area contributed by atoms with Crippen molar-refractivity contribution in [1.82, 2.24) is 10.5 Å². The van der Waals surface area contributed by atoms with Crippen molar-refractivity contribution in [3.05, 3.63) is 48.0 Å². The maximum absolute atomic E-state index is 11.5. The second-order valence-corrected chi connectivity index (χ2v) is 6.16. The summed E-state index contributed by atoms with van der Waals surface area (Å²) in [6, 6.07) is 12.7. The predicted octanol–water partition coefficient (Wildman–Crippen LogP) is 3.84. The van der Waals surface area contributed by atoms with Crippen LogP contribution in [0.5, 0.6) is 5.75 Å². The molecule has 1 amide bonds. The maximum Gasteiger partial charge on any atom is 0.274 e. The van der Waals surface area contributed by atoms with E-state index in [0.717, 1.165) is 10.1 Å². The summed E-state index contributed by atoms with van der Waals surface area (Å²) >= 11 is 1.47. The van der Waals surface area contributed by atoms with E-state index in [9.17, 15) is 4.79 Å². The number of methoxy groups -OCH3 is 1. The fraction of sp³-hybridized carbons (Fsp3) is 0.0588. The van der Waals surface area contributed by atoms with Crippen LogP contribution < -0.4 is 10.2 Å². The van der Waals surface area contributed by atoms with Crippen LogP contribution >= 0.6 is 11.3 Å². The highest BCUT2D eigenvalue weighted by atomic mass is 32.1. The molecule has 2 heterocycles. The highest BCUT2D eigenvalue weighted by molar-refractivity contribution is 7.21. The van der Waals surface area contributed by atoms with Crippen LogP contribution in [0.2, 0.25) is 0 Å². The van der Waals surface area contributed by atoms with Crippen molar-refractivity contribution in [3.8, 4) is 16.5 Å². The second kappa shape index (κ2) is 5.63. The Labute approximate surface area is 140 Å². The van der Waals surface area contributed by atoms with Gasteiger partial charge in [-0.1, -0.05) is 12.1 Å². The molecule has 0 bridgehead atoms. The molecule has 2 aromatic heterocycles. The number of hydrogen-bond donors (Lipinski definition) is 2. The van der Waals surface area contributed by atoms with E-state index in [1.807, 2.05) is 24.3 Å². The smallest absolute Gasteiger partial charge is 0.274 e. The van der Waals surface area contributed by atoms with E-state index in [2.05, 4.69) is 4.98 Å². The molecule has 0 aliphatic rings. The normalized spacial score (nSPS) is 11.1. The summed E-state index contributed by atoms with van der Waals surface area (Å²) in [5, 5.41) is 10.4. The number of hydrogen-bond acceptors (Lipinski definition) is 6. The first-order valence-corrected chi connectivity index (χ1v) is 7.93. The molecular formula is C17H12N2O4S. The largest absolute Gasteiger partial charge is 0.493 e. The SMILES string of the molecule is COc1cccc2cc(-c3nc4cc(C(=O)NO)ccc4s3)oc12. The van der Waals surface area contributed by atoms with Crippen LogP contribution in [-0.2, 0) is 0 Å². The minimum Gasteiger partial charge on any atom is -0.493 e. The van der Waals surface area contributed by atoms with Gasteiger partial charge in [0.1, 0.15) is 0 Å². The number of rotatable bonds is 3. The molecule has 4 aromatic rings. The topological polar surface area (TPSA) is 84.6 Å². The number of carbonyl (C=O) groups is 1. The van der Waals surface area contributed by atoms with E-state index in [-0.39, 0.29) is 0 Å². The number of thiazole rings is 1. The summed E-state index contributed by atoms with van der Waals surface area (Å²) in [7, 11) is 1.60. The number of fused-ring (bicyclic) bond motifs is 2. The lowest BCUT2D eigenvalue weighted by molar-refractivity contribution is 0.0706. The molecule has 0 aliphatic heterocycles. The van der Waals surface area contributed by atoms with Gasteiger partial charge in [0.15, 0.2) is 22.1 Å². The molecule has 0 saturated carbocycles. The lowest BCUT2D eigenvalue weighted by Crippen LogP contribution is -2.18. The third kappa shape index (κ3) is 2.31. The molecule has 6 nitrogen and oxygen atoms in total. The molecule has 0 atom stereocenters. The van der Waals surface area contributed by atoms with Gasteiger partial charge in [0.25, 0.3) is 5.91 Å². The number of nitrogens with zero attached hydrogens (tertiary/aromatic N) is 1. The quantitative estimate of drug-likeness (QED) is 0.437. The lowest BCUT2D eigenvalue weighted by atomic mass is 10.2. The summed E-state index contributed by atoms with van der Waals surface area (Å²) in [6.07, 6.45) is 0. The zero-order valence-corrected chi connectivity index (χ0v) is 13.4. The van der Waals surface area contributed by atoms with Crippen LogP contribution in [0, 0.1) is 0 Å². The number of hydroxylamine groups is 1. The Morgan fingerprint density at radius 3 is 2.96 bits per heavy atom. The Balaban J connectivity index is 1.83. The molecule has 4 rings (SSSR count). The molecule has 0 radical (unpaired) electrons. The van der Waals surface area contributed by atoms with Gasteiger partial charge < -0.3 is 9.15 Å². The Bertz CT molecular complexity index is 1070. The fourth-order valence-corrected chi connectivity index (χ4v) is 3.44. The van der Waals surface area contributed by atoms with Crippen LogP contribution in [0.3, 0.4) is 0 Å². The molecule has 2 N–H and O–H groups in total. The number of nitrogens with one attached hydrogen (secondary N) is 1. The number of aromatic nitrogens is 1. The second-order valence-electron chi connectivity index (χ2n) is 5.13. The Kier molecular flexibility index (Phi) is 3.44. The number of carbonyl (C=O) groups excluding carboxylic acids is 1. The molecule has 0 unspecified atom stereocenters. The van der Waals surface area contributed by atoms with Crippen molar-refractivity contribution in [2.45, 2.75) is 0 Å². The van der Waals surface area contributed by atoms with Crippen LogP contribution in [0.1, 0.15) is 10.4 Å². The molecule has 0 aliphatic carbocycles. The Morgan fingerprint density at radius 1 is 1.29 bits per heavy atom. The summed E-state index contributed by atoms with van der Waals surface area (Å²) in [4.78, 5) is 16.0. The van der Waals surface area contributed by atoms with Gasteiger partial charge in [0.05, 0.1) is 17.3 Å². The first-order valence-electron chi connectivity index (χ1n) is 7.11. The van der Waals surface area contributed by atoms with Crippen molar-refractivity contribution < 1.29 is 19.2 Å². The third-order valence-corrected chi connectivity index (χ3v) is 4.74. The fourth-order valence-electron chi connectivity index (χ4n) is 2.54. The highest BCUT2D eigenvalue weighted by Crippen LogP contribution is 2.36. The average molecular weight is 340 g/mol. The standard InChI is InChI=1S/C17H12N2O4S/c1-22-12-4-2-3-9-8-13(23-15(9)12)17-18-11-7-10(16(20)19-21)5-6-14(11)24-17/h2-8,21H,1H3,(H,19,20). The van der Waals surface area contributed by atoms with Crippen molar-refractivity contribution in [2.75, 3.05) is 7.11 Å². The van der Waals surface area contributed by atoms with Gasteiger partial charge in [-0.05, 0) is 30.3 Å². The minimum atomic E-state index is -0.570. The van der Waals surface area contributed by atoms with Crippen LogP contribution in [0.15, 0.2) is 46.9 Å². The molecule has 7 heteroatoms. The van der Waals surface area contributed by atoms with Crippen LogP contribution in [0.4, 0.5) is 0 Å². The zero-order chi connectivity index (χ0) is 16.7. The highest BCUT2D eigenvalue weighted by Gasteiger charge is 2.15. The monoisotopic (exact) mass is 340 g/mol. The Hall–Kier alpha value is -2.90. The lowest BCUT2D eigenvalue weighted by Gasteiger charge is -1.98. The third-order valence-electron chi connectivity index (χ3n) is 3.69. The van der Waals surface area contributed by atoms with Crippen molar-refractivity contribution in [1.29, 1.82) is 0 Å². The van der Waals surface area contributed by atoms with Crippen LogP contribution in [0.25, 0.3) is 32.0 Å². The van der Waals surface area contributed by atoms with E-state index in [1.165, 1.54) is 11.3 Å². The summed E-state index contributed by atoms with van der Waals surface area (Å²) < 4.78 is 12.1. The van der Waals surface area contributed by atoms with Gasteiger partial charge in [-0.2, -0.15) is 0 Å². The van der Waals surface area contributed by atoms with E-state index >= 15 is 0 Å². The first-order chi connectivity index (χ1) is 11.7. The van der Waals surface area contributed by atoms with Crippen LogP contribution in [-0.4, -0.2) is 23.2 Å².